The van der Waals surface area contributed by atoms with E-state index in [9.17, 15) is 18.3 Å². The summed E-state index contributed by atoms with van der Waals surface area (Å²) in [5, 5.41) is 9.55. The van der Waals surface area contributed by atoms with E-state index in [0.29, 0.717) is 38.3 Å². The van der Waals surface area contributed by atoms with E-state index in [-0.39, 0.29) is 25.2 Å². The zero-order valence-corrected chi connectivity index (χ0v) is 12.5. The Morgan fingerprint density at radius 3 is 2.61 bits per heavy atom. The minimum absolute atomic E-state index is 0.00628. The lowest BCUT2D eigenvalue weighted by atomic mass is 10.1. The Bertz CT molecular complexity index is 535. The fourth-order valence-electron chi connectivity index (χ4n) is 2.79. The first-order chi connectivity index (χ1) is 10.9. The van der Waals surface area contributed by atoms with Gasteiger partial charge in [-0.3, -0.25) is 0 Å². The summed E-state index contributed by atoms with van der Waals surface area (Å²) in [7, 11) is 0. The van der Waals surface area contributed by atoms with Crippen molar-refractivity contribution in [3.8, 4) is 0 Å². The lowest BCUT2D eigenvalue weighted by molar-refractivity contribution is -0.221. The van der Waals surface area contributed by atoms with Crippen molar-refractivity contribution in [1.82, 2.24) is 9.97 Å². The van der Waals surface area contributed by atoms with Crippen LogP contribution in [0.1, 0.15) is 12.8 Å². The molecular weight excluding hydrogens is 313 g/mol. The summed E-state index contributed by atoms with van der Waals surface area (Å²) in [4.78, 5) is 12.0. The molecule has 2 aliphatic heterocycles. The van der Waals surface area contributed by atoms with Crippen molar-refractivity contribution in [2.24, 2.45) is 0 Å². The first kappa shape index (κ1) is 16.3. The number of hydrogen-bond donors (Lipinski definition) is 1. The molecule has 2 fully saturated rings. The third-order valence-electron chi connectivity index (χ3n) is 4.13. The fraction of sp³-hybridized carbons (Fsp3) is 0.714. The maximum atomic E-state index is 12.8. The van der Waals surface area contributed by atoms with E-state index < -0.39 is 12.3 Å². The predicted octanol–water partition coefficient (Wildman–Crippen LogP) is 1.21. The summed E-state index contributed by atoms with van der Waals surface area (Å²) < 4.78 is 43.2. The Hall–Kier alpha value is -1.61. The maximum Gasteiger partial charge on any atom is 0.416 e. The second-order valence-electron chi connectivity index (χ2n) is 5.78. The standard InChI is InChI=1S/C14H19F3N4O2/c15-14(16,17)11-9-21(7-8-23-11)13-18-4-1-12(19-13)20-5-2-10(22)3-6-20/h1,4,10-11,22H,2-3,5-9H2/t11-/m0/s1. The summed E-state index contributed by atoms with van der Waals surface area (Å²) in [5.74, 6) is 0.961. The number of aliphatic hydroxyl groups is 1. The van der Waals surface area contributed by atoms with Gasteiger partial charge in [-0.2, -0.15) is 18.2 Å². The molecule has 1 atom stereocenters. The highest BCUT2D eigenvalue weighted by molar-refractivity contribution is 5.44. The Morgan fingerprint density at radius 2 is 1.91 bits per heavy atom. The number of anilines is 2. The van der Waals surface area contributed by atoms with Crippen LogP contribution in [0, 0.1) is 0 Å². The molecular formula is C14H19F3N4O2. The molecule has 3 heterocycles. The number of rotatable bonds is 2. The monoisotopic (exact) mass is 332 g/mol. The summed E-state index contributed by atoms with van der Waals surface area (Å²) in [6.45, 7) is 1.37. The minimum atomic E-state index is -4.39. The van der Waals surface area contributed by atoms with Crippen molar-refractivity contribution in [3.63, 3.8) is 0 Å². The van der Waals surface area contributed by atoms with Gasteiger partial charge in [0.15, 0.2) is 6.10 Å². The number of aromatic nitrogens is 2. The Morgan fingerprint density at radius 1 is 1.17 bits per heavy atom. The summed E-state index contributed by atoms with van der Waals surface area (Å²) in [6, 6.07) is 1.74. The quantitative estimate of drug-likeness (QED) is 0.878. The van der Waals surface area contributed by atoms with Crippen LogP contribution in [0.3, 0.4) is 0 Å². The van der Waals surface area contributed by atoms with Crippen LogP contribution in [0.15, 0.2) is 12.3 Å². The smallest absolute Gasteiger partial charge is 0.393 e. The molecule has 128 valence electrons. The van der Waals surface area contributed by atoms with Gasteiger partial charge in [0.1, 0.15) is 5.82 Å². The Labute approximate surface area is 131 Å². The molecule has 0 spiro atoms. The van der Waals surface area contributed by atoms with Crippen LogP contribution in [0.4, 0.5) is 24.9 Å². The van der Waals surface area contributed by atoms with Crippen molar-refractivity contribution in [2.45, 2.75) is 31.2 Å². The molecule has 0 aromatic carbocycles. The molecule has 1 N–H and O–H groups in total. The third kappa shape index (κ3) is 3.84. The van der Waals surface area contributed by atoms with Crippen LogP contribution >= 0.6 is 0 Å². The number of hydrogen-bond acceptors (Lipinski definition) is 6. The summed E-state index contributed by atoms with van der Waals surface area (Å²) in [5.41, 5.74) is 0. The molecule has 1 aromatic rings. The van der Waals surface area contributed by atoms with Crippen molar-refractivity contribution in [3.05, 3.63) is 12.3 Å². The SMILES string of the molecule is OC1CCN(c2ccnc(N3CCO[C@H](C(F)(F)F)C3)n2)CC1. The number of alkyl halides is 3. The molecule has 6 nitrogen and oxygen atoms in total. The van der Waals surface area contributed by atoms with Gasteiger partial charge in [0.25, 0.3) is 0 Å². The molecule has 1 aromatic heterocycles. The van der Waals surface area contributed by atoms with Crippen molar-refractivity contribution in [1.29, 1.82) is 0 Å². The van der Waals surface area contributed by atoms with Crippen LogP contribution in [-0.4, -0.2) is 66.2 Å². The van der Waals surface area contributed by atoms with Crippen LogP contribution in [0.5, 0.6) is 0 Å². The molecule has 0 unspecified atom stereocenters. The molecule has 3 rings (SSSR count). The summed E-state index contributed by atoms with van der Waals surface area (Å²) in [6.07, 6.45) is -3.62. The van der Waals surface area contributed by atoms with E-state index in [0.717, 1.165) is 0 Å². The lowest BCUT2D eigenvalue weighted by Crippen LogP contribution is -2.49. The van der Waals surface area contributed by atoms with E-state index in [1.54, 1.807) is 12.3 Å². The number of nitrogens with zero attached hydrogens (tertiary/aromatic N) is 4. The lowest BCUT2D eigenvalue weighted by Gasteiger charge is -2.35. The van der Waals surface area contributed by atoms with Crippen LogP contribution in [0.25, 0.3) is 0 Å². The van der Waals surface area contributed by atoms with Gasteiger partial charge < -0.3 is 19.6 Å². The minimum Gasteiger partial charge on any atom is -0.393 e. The molecule has 9 heteroatoms. The van der Waals surface area contributed by atoms with E-state index in [1.165, 1.54) is 4.90 Å². The van der Waals surface area contributed by atoms with E-state index in [2.05, 4.69) is 9.97 Å². The fourth-order valence-corrected chi connectivity index (χ4v) is 2.79. The third-order valence-corrected chi connectivity index (χ3v) is 4.13. The van der Waals surface area contributed by atoms with Gasteiger partial charge in [-0.1, -0.05) is 0 Å². The van der Waals surface area contributed by atoms with E-state index >= 15 is 0 Å². The van der Waals surface area contributed by atoms with Gasteiger partial charge in [0.2, 0.25) is 5.95 Å². The second-order valence-corrected chi connectivity index (χ2v) is 5.78. The first-order valence-electron chi connectivity index (χ1n) is 7.63. The van der Waals surface area contributed by atoms with Gasteiger partial charge >= 0.3 is 6.18 Å². The van der Waals surface area contributed by atoms with Crippen LogP contribution < -0.4 is 9.80 Å². The van der Waals surface area contributed by atoms with Gasteiger partial charge in [0, 0.05) is 25.8 Å². The van der Waals surface area contributed by atoms with E-state index in [1.807, 2.05) is 4.90 Å². The molecule has 23 heavy (non-hydrogen) atoms. The highest BCUT2D eigenvalue weighted by Crippen LogP contribution is 2.27. The largest absolute Gasteiger partial charge is 0.416 e. The first-order valence-corrected chi connectivity index (χ1v) is 7.63. The normalized spacial score (nSPS) is 24.1. The van der Waals surface area contributed by atoms with Gasteiger partial charge in [-0.15, -0.1) is 0 Å². The van der Waals surface area contributed by atoms with Gasteiger partial charge in [0.05, 0.1) is 19.3 Å². The molecule has 2 saturated heterocycles. The van der Waals surface area contributed by atoms with Crippen molar-refractivity contribution >= 4 is 11.8 Å². The van der Waals surface area contributed by atoms with Gasteiger partial charge in [-0.25, -0.2) is 4.98 Å². The van der Waals surface area contributed by atoms with Crippen molar-refractivity contribution < 1.29 is 23.0 Å². The van der Waals surface area contributed by atoms with Gasteiger partial charge in [-0.05, 0) is 18.9 Å². The number of piperidine rings is 1. The number of halogens is 3. The Balaban J connectivity index is 1.72. The molecule has 0 saturated carbocycles. The maximum absolute atomic E-state index is 12.8. The van der Waals surface area contributed by atoms with Crippen molar-refractivity contribution in [2.75, 3.05) is 42.6 Å². The zero-order chi connectivity index (χ0) is 16.4. The average molecular weight is 332 g/mol. The van der Waals surface area contributed by atoms with E-state index in [4.69, 9.17) is 4.74 Å². The zero-order valence-electron chi connectivity index (χ0n) is 12.5. The average Bonchev–Trinajstić information content (AvgIpc) is 2.55. The number of morpholine rings is 1. The highest BCUT2D eigenvalue weighted by atomic mass is 19.4. The molecule has 0 bridgehead atoms. The number of ether oxygens (including phenoxy) is 1. The molecule has 0 radical (unpaired) electrons. The highest BCUT2D eigenvalue weighted by Gasteiger charge is 2.43. The van der Waals surface area contributed by atoms with Crippen LogP contribution in [-0.2, 0) is 4.74 Å². The number of aliphatic hydroxyl groups excluding tert-OH is 1. The Kier molecular flexibility index (Phi) is 4.58. The summed E-state index contributed by atoms with van der Waals surface area (Å²) >= 11 is 0. The predicted molar refractivity (Wildman–Crippen MR) is 77.5 cm³/mol. The molecule has 0 aliphatic carbocycles. The molecule has 0 amide bonds. The van der Waals surface area contributed by atoms with Crippen LogP contribution in [0.2, 0.25) is 0 Å². The molecule has 2 aliphatic rings. The topological polar surface area (TPSA) is 61.7 Å². The second kappa shape index (κ2) is 6.48.